The second-order valence-corrected chi connectivity index (χ2v) is 9.51. The summed E-state index contributed by atoms with van der Waals surface area (Å²) in [4.78, 5) is 40.7. The van der Waals surface area contributed by atoms with E-state index in [1.807, 2.05) is 17.1 Å². The van der Waals surface area contributed by atoms with Crippen molar-refractivity contribution in [2.75, 3.05) is 44.6 Å². The van der Waals surface area contributed by atoms with Crippen molar-refractivity contribution in [1.29, 1.82) is 0 Å². The van der Waals surface area contributed by atoms with E-state index in [9.17, 15) is 23.2 Å². The first-order valence-electron chi connectivity index (χ1n) is 12.9. The van der Waals surface area contributed by atoms with E-state index in [0.29, 0.717) is 43.7 Å². The lowest BCUT2D eigenvalue weighted by molar-refractivity contribution is -0.135. The van der Waals surface area contributed by atoms with Crippen molar-refractivity contribution in [2.45, 2.75) is 25.9 Å². The Labute approximate surface area is 225 Å². The predicted octanol–water partition coefficient (Wildman–Crippen LogP) is 3.19. The van der Waals surface area contributed by atoms with Gasteiger partial charge in [0.1, 0.15) is 18.1 Å². The van der Waals surface area contributed by atoms with E-state index in [4.69, 9.17) is 4.74 Å². The zero-order valence-electron chi connectivity index (χ0n) is 21.5. The number of rotatable bonds is 5. The van der Waals surface area contributed by atoms with Gasteiger partial charge in [-0.3, -0.25) is 19.3 Å². The highest BCUT2D eigenvalue weighted by Crippen LogP contribution is 2.35. The van der Waals surface area contributed by atoms with Gasteiger partial charge in [0.2, 0.25) is 11.8 Å². The number of ether oxygens (including phenoxy) is 2. The van der Waals surface area contributed by atoms with Crippen LogP contribution in [-0.4, -0.2) is 68.6 Å². The summed E-state index contributed by atoms with van der Waals surface area (Å²) in [5, 5.41) is 8.39. The Morgan fingerprint density at radius 3 is 2.69 bits per heavy atom. The van der Waals surface area contributed by atoms with Crippen molar-refractivity contribution in [3.63, 3.8) is 0 Å². The summed E-state index contributed by atoms with van der Waals surface area (Å²) in [5.41, 5.74) is -0.204. The Bertz CT molecular complexity index is 1210. The van der Waals surface area contributed by atoms with E-state index in [0.717, 1.165) is 0 Å². The van der Waals surface area contributed by atoms with Crippen LogP contribution in [0, 0.1) is 5.41 Å². The molecule has 2 aromatic carbocycles. The van der Waals surface area contributed by atoms with Crippen molar-refractivity contribution in [1.82, 2.24) is 15.5 Å². The number of amides is 3. The van der Waals surface area contributed by atoms with Crippen molar-refractivity contribution in [3.8, 4) is 11.5 Å². The monoisotopic (exact) mass is 542 g/mol. The Morgan fingerprint density at radius 1 is 1.08 bits per heavy atom. The first-order chi connectivity index (χ1) is 18.9. The van der Waals surface area contributed by atoms with Gasteiger partial charge in [0.25, 0.3) is 5.91 Å². The lowest BCUT2D eigenvalue weighted by Gasteiger charge is -2.41. The van der Waals surface area contributed by atoms with Crippen LogP contribution >= 0.6 is 0 Å². The summed E-state index contributed by atoms with van der Waals surface area (Å²) in [5.74, 6) is -0.482. The Hall–Kier alpha value is -3.99. The summed E-state index contributed by atoms with van der Waals surface area (Å²) in [6, 6.07) is 13.0. The minimum atomic E-state index is -3.01. The van der Waals surface area contributed by atoms with E-state index in [-0.39, 0.29) is 49.5 Å². The summed E-state index contributed by atoms with van der Waals surface area (Å²) in [6.45, 7) is -1.36. The molecule has 2 aromatic rings. The Kier molecular flexibility index (Phi) is 9.48. The second kappa shape index (κ2) is 13.2. The zero-order chi connectivity index (χ0) is 27.7. The fourth-order valence-corrected chi connectivity index (χ4v) is 4.90. The van der Waals surface area contributed by atoms with Gasteiger partial charge in [-0.15, -0.1) is 0 Å². The van der Waals surface area contributed by atoms with Crippen LogP contribution in [0.5, 0.6) is 11.5 Å². The molecule has 2 heterocycles. The molecule has 0 saturated carbocycles. The fraction of sp³-hybridized carbons (Fsp3) is 0.393. The molecule has 0 aliphatic carbocycles. The van der Waals surface area contributed by atoms with Crippen LogP contribution in [0.2, 0.25) is 0 Å². The number of benzene rings is 2. The smallest absolute Gasteiger partial charge is 0.387 e. The van der Waals surface area contributed by atoms with Crippen LogP contribution < -0.4 is 25.4 Å². The van der Waals surface area contributed by atoms with Gasteiger partial charge in [0.05, 0.1) is 23.2 Å². The van der Waals surface area contributed by atoms with Crippen LogP contribution in [0.1, 0.15) is 29.6 Å². The fourth-order valence-electron chi connectivity index (χ4n) is 4.90. The lowest BCUT2D eigenvalue weighted by atomic mass is 9.76. The van der Waals surface area contributed by atoms with Gasteiger partial charge in [-0.05, 0) is 50.1 Å². The molecule has 3 N–H and O–H groups in total. The number of hydrogen-bond donors (Lipinski definition) is 3. The molecule has 0 bridgehead atoms. The number of carbonyl (C=O) groups is 3. The maximum atomic E-state index is 13.4. The SMILES string of the molecule is O=C(CN1CCCC2(C/C=C\COc3ccccc3C(=O)NCCNC2=O)C1)Nc1ccccc1OC(F)F. The normalized spacial score (nSPS) is 21.6. The van der Waals surface area contributed by atoms with Crippen molar-refractivity contribution in [3.05, 3.63) is 66.2 Å². The van der Waals surface area contributed by atoms with Crippen LogP contribution in [-0.2, 0) is 9.59 Å². The number of likely N-dealkylation sites (tertiary alicyclic amines) is 1. The molecule has 208 valence electrons. The molecule has 11 heteroatoms. The van der Waals surface area contributed by atoms with Crippen LogP contribution in [0.3, 0.4) is 0 Å². The van der Waals surface area contributed by atoms with E-state index < -0.39 is 17.9 Å². The van der Waals surface area contributed by atoms with E-state index in [1.54, 1.807) is 30.3 Å². The second-order valence-electron chi connectivity index (χ2n) is 9.51. The van der Waals surface area contributed by atoms with Gasteiger partial charge in [-0.2, -0.15) is 8.78 Å². The van der Waals surface area contributed by atoms with E-state index in [1.165, 1.54) is 18.2 Å². The molecular weight excluding hydrogens is 510 g/mol. The van der Waals surface area contributed by atoms with Gasteiger partial charge in [-0.25, -0.2) is 0 Å². The number of anilines is 1. The number of carbonyl (C=O) groups excluding carboxylic acids is 3. The third kappa shape index (κ3) is 7.53. The molecule has 9 nitrogen and oxygen atoms in total. The van der Waals surface area contributed by atoms with Gasteiger partial charge >= 0.3 is 6.61 Å². The molecule has 4 rings (SSSR count). The number of fused-ring (bicyclic) bond motifs is 1. The summed E-state index contributed by atoms with van der Waals surface area (Å²) >= 11 is 0. The van der Waals surface area contributed by atoms with Crippen molar-refractivity contribution < 1.29 is 32.6 Å². The number of para-hydroxylation sites is 3. The topological polar surface area (TPSA) is 109 Å². The number of nitrogens with zero attached hydrogens (tertiary/aromatic N) is 1. The third-order valence-corrected chi connectivity index (χ3v) is 6.72. The molecule has 1 spiro atoms. The number of piperidine rings is 1. The molecule has 2 aliphatic heterocycles. The highest BCUT2D eigenvalue weighted by Gasteiger charge is 2.41. The van der Waals surface area contributed by atoms with Crippen molar-refractivity contribution in [2.24, 2.45) is 5.41 Å². The van der Waals surface area contributed by atoms with E-state index >= 15 is 0 Å². The molecule has 0 aromatic heterocycles. The molecule has 1 saturated heterocycles. The average molecular weight is 543 g/mol. The Balaban J connectivity index is 1.43. The average Bonchev–Trinajstić information content (AvgIpc) is 2.91. The molecule has 1 atom stereocenters. The molecular formula is C28H32F2N4O5. The molecule has 39 heavy (non-hydrogen) atoms. The zero-order valence-corrected chi connectivity index (χ0v) is 21.5. The molecule has 2 aliphatic rings. The maximum absolute atomic E-state index is 13.4. The minimum absolute atomic E-state index is 0.0162. The van der Waals surface area contributed by atoms with Crippen LogP contribution in [0.15, 0.2) is 60.7 Å². The lowest BCUT2D eigenvalue weighted by Crippen LogP contribution is -2.53. The number of hydrogen-bond acceptors (Lipinski definition) is 6. The van der Waals surface area contributed by atoms with Gasteiger partial charge in [0.15, 0.2) is 0 Å². The summed E-state index contributed by atoms with van der Waals surface area (Å²) in [6.07, 6.45) is 5.48. The number of allylic oxidation sites excluding steroid dienone is 1. The summed E-state index contributed by atoms with van der Waals surface area (Å²) in [7, 11) is 0. The predicted molar refractivity (Wildman–Crippen MR) is 141 cm³/mol. The first-order valence-corrected chi connectivity index (χ1v) is 12.9. The van der Waals surface area contributed by atoms with Gasteiger partial charge in [-0.1, -0.05) is 36.4 Å². The largest absolute Gasteiger partial charge is 0.489 e. The number of nitrogens with one attached hydrogen (secondary N) is 3. The molecule has 3 amide bonds. The minimum Gasteiger partial charge on any atom is -0.489 e. The summed E-state index contributed by atoms with van der Waals surface area (Å²) < 4.78 is 35.7. The molecule has 0 radical (unpaired) electrons. The third-order valence-electron chi connectivity index (χ3n) is 6.72. The van der Waals surface area contributed by atoms with Gasteiger partial charge in [0, 0.05) is 19.6 Å². The van der Waals surface area contributed by atoms with Crippen molar-refractivity contribution >= 4 is 23.4 Å². The highest BCUT2D eigenvalue weighted by molar-refractivity contribution is 5.97. The Morgan fingerprint density at radius 2 is 1.85 bits per heavy atom. The molecule has 1 fully saturated rings. The standard InChI is InChI=1S/C28H32F2N4O5/c29-27(30)39-23-11-4-2-9-21(23)33-24(35)18-34-16-7-13-28(19-34)12-5-6-17-38-22-10-3-1-8-20(22)25(36)31-14-15-32-26(28)37/h1-6,8-11,27H,7,12-19H2,(H,31,36)(H,32,37)(H,33,35)/b6-5-. The van der Waals surface area contributed by atoms with Crippen LogP contribution in [0.25, 0.3) is 0 Å². The number of halogens is 2. The maximum Gasteiger partial charge on any atom is 0.387 e. The first kappa shape index (κ1) is 28.0. The van der Waals surface area contributed by atoms with Crippen LogP contribution in [0.4, 0.5) is 14.5 Å². The van der Waals surface area contributed by atoms with E-state index in [2.05, 4.69) is 20.7 Å². The number of alkyl halides is 2. The van der Waals surface area contributed by atoms with Gasteiger partial charge < -0.3 is 25.4 Å². The molecule has 1 unspecified atom stereocenters. The quantitative estimate of drug-likeness (QED) is 0.501. The highest BCUT2D eigenvalue weighted by atomic mass is 19.3.